The number of amides is 1. The van der Waals surface area contributed by atoms with Crippen molar-refractivity contribution < 1.29 is 14.6 Å². The monoisotopic (exact) mass is 410 g/mol. The maximum atomic E-state index is 12.2. The topological polar surface area (TPSA) is 77.4 Å². The second kappa shape index (κ2) is 10.8. The summed E-state index contributed by atoms with van der Waals surface area (Å²) in [6.45, 7) is 9.29. The van der Waals surface area contributed by atoms with Gasteiger partial charge in [0.05, 0.1) is 19.4 Å². The summed E-state index contributed by atoms with van der Waals surface area (Å²) in [5.74, 6) is 0.345. The van der Waals surface area contributed by atoms with Crippen molar-refractivity contribution in [2.75, 3.05) is 39.3 Å². The summed E-state index contributed by atoms with van der Waals surface area (Å²) in [4.78, 5) is 16.7. The molecule has 1 aliphatic heterocycles. The summed E-state index contributed by atoms with van der Waals surface area (Å²) in [5, 5.41) is 13.7. The maximum Gasteiger partial charge on any atom is 0.254 e. The molecule has 0 unspecified atom stereocenters. The molecular formula is C23H30N4O3. The SMILES string of the molecule is CCOc1cc(/C=N\NC(=O)CN2CCN(Cc3ccc(C)cc3)CC2)ccc1O. The van der Waals surface area contributed by atoms with Gasteiger partial charge in [-0.3, -0.25) is 14.6 Å². The molecule has 1 fully saturated rings. The Morgan fingerprint density at radius 1 is 1.13 bits per heavy atom. The van der Waals surface area contributed by atoms with Crippen molar-refractivity contribution in [3.05, 3.63) is 59.2 Å². The van der Waals surface area contributed by atoms with E-state index in [2.05, 4.69) is 51.5 Å². The molecule has 2 N–H and O–H groups in total. The van der Waals surface area contributed by atoms with Crippen LogP contribution in [0, 0.1) is 6.92 Å². The number of aromatic hydroxyl groups is 1. The lowest BCUT2D eigenvalue weighted by molar-refractivity contribution is -0.122. The third-order valence-electron chi connectivity index (χ3n) is 5.05. The van der Waals surface area contributed by atoms with Crippen LogP contribution >= 0.6 is 0 Å². The third-order valence-corrected chi connectivity index (χ3v) is 5.05. The van der Waals surface area contributed by atoms with E-state index in [9.17, 15) is 9.90 Å². The molecule has 0 bridgehead atoms. The number of benzene rings is 2. The summed E-state index contributed by atoms with van der Waals surface area (Å²) in [7, 11) is 0. The normalized spacial score (nSPS) is 15.4. The molecule has 1 saturated heterocycles. The first kappa shape index (κ1) is 21.8. The number of hydrogen-bond acceptors (Lipinski definition) is 6. The number of piperazine rings is 1. The van der Waals surface area contributed by atoms with Crippen molar-refractivity contribution in [3.8, 4) is 11.5 Å². The first-order chi connectivity index (χ1) is 14.5. The van der Waals surface area contributed by atoms with E-state index in [0.29, 0.717) is 18.9 Å². The van der Waals surface area contributed by atoms with Gasteiger partial charge in [-0.05, 0) is 43.2 Å². The van der Waals surface area contributed by atoms with Crippen molar-refractivity contribution >= 4 is 12.1 Å². The minimum Gasteiger partial charge on any atom is -0.504 e. The molecule has 0 spiro atoms. The van der Waals surface area contributed by atoms with Crippen LogP contribution in [-0.2, 0) is 11.3 Å². The number of phenolic OH excluding ortho intramolecular Hbond substituents is 1. The molecule has 1 amide bonds. The number of carbonyl (C=O) groups is 1. The Labute approximate surface area is 178 Å². The molecule has 0 aliphatic carbocycles. The van der Waals surface area contributed by atoms with Crippen molar-refractivity contribution in [2.45, 2.75) is 20.4 Å². The lowest BCUT2D eigenvalue weighted by Gasteiger charge is -2.34. The number of phenols is 1. The van der Waals surface area contributed by atoms with Gasteiger partial charge in [-0.25, -0.2) is 5.43 Å². The van der Waals surface area contributed by atoms with Crippen LogP contribution in [0.4, 0.5) is 0 Å². The third kappa shape index (κ3) is 6.57. The Morgan fingerprint density at radius 3 is 2.53 bits per heavy atom. The van der Waals surface area contributed by atoms with Crippen LogP contribution in [0.5, 0.6) is 11.5 Å². The van der Waals surface area contributed by atoms with Crippen LogP contribution in [0.1, 0.15) is 23.6 Å². The molecule has 3 rings (SSSR count). The van der Waals surface area contributed by atoms with Gasteiger partial charge in [-0.15, -0.1) is 0 Å². The number of aryl methyl sites for hydroxylation is 1. The van der Waals surface area contributed by atoms with E-state index in [1.165, 1.54) is 11.1 Å². The van der Waals surface area contributed by atoms with Crippen molar-refractivity contribution in [1.82, 2.24) is 15.2 Å². The molecule has 0 atom stereocenters. The summed E-state index contributed by atoms with van der Waals surface area (Å²) < 4.78 is 5.35. The molecule has 7 nitrogen and oxygen atoms in total. The number of ether oxygens (including phenoxy) is 1. The zero-order chi connectivity index (χ0) is 21.3. The quantitative estimate of drug-likeness (QED) is 0.516. The van der Waals surface area contributed by atoms with Gasteiger partial charge in [0, 0.05) is 32.7 Å². The van der Waals surface area contributed by atoms with Crippen molar-refractivity contribution in [2.24, 2.45) is 5.10 Å². The van der Waals surface area contributed by atoms with Crippen LogP contribution < -0.4 is 10.2 Å². The first-order valence-corrected chi connectivity index (χ1v) is 10.3. The van der Waals surface area contributed by atoms with Gasteiger partial charge < -0.3 is 9.84 Å². The highest BCUT2D eigenvalue weighted by atomic mass is 16.5. The van der Waals surface area contributed by atoms with Gasteiger partial charge in [0.15, 0.2) is 11.5 Å². The van der Waals surface area contributed by atoms with E-state index in [-0.39, 0.29) is 11.7 Å². The largest absolute Gasteiger partial charge is 0.504 e. The Kier molecular flexibility index (Phi) is 7.82. The second-order valence-electron chi connectivity index (χ2n) is 7.49. The first-order valence-electron chi connectivity index (χ1n) is 10.3. The molecule has 2 aromatic rings. The molecule has 160 valence electrons. The highest BCUT2D eigenvalue weighted by molar-refractivity contribution is 5.83. The van der Waals surface area contributed by atoms with Crippen LogP contribution in [0.2, 0.25) is 0 Å². The number of hydrogen-bond donors (Lipinski definition) is 2. The number of carbonyl (C=O) groups excluding carboxylic acids is 1. The predicted octanol–water partition coefficient (Wildman–Crippen LogP) is 2.37. The zero-order valence-corrected chi connectivity index (χ0v) is 17.7. The average molecular weight is 411 g/mol. The van der Waals surface area contributed by atoms with Crippen LogP contribution in [0.25, 0.3) is 0 Å². The molecular weight excluding hydrogens is 380 g/mol. The fraction of sp³-hybridized carbons (Fsp3) is 0.391. The predicted molar refractivity (Wildman–Crippen MR) is 118 cm³/mol. The fourth-order valence-electron chi connectivity index (χ4n) is 3.36. The molecule has 1 aliphatic rings. The molecule has 7 heteroatoms. The fourth-order valence-corrected chi connectivity index (χ4v) is 3.36. The number of rotatable bonds is 8. The van der Waals surface area contributed by atoms with E-state index < -0.39 is 0 Å². The summed E-state index contributed by atoms with van der Waals surface area (Å²) in [5.41, 5.74) is 5.91. The van der Waals surface area contributed by atoms with Crippen molar-refractivity contribution in [3.63, 3.8) is 0 Å². The number of hydrazone groups is 1. The van der Waals surface area contributed by atoms with Gasteiger partial charge in [0.1, 0.15) is 0 Å². The van der Waals surface area contributed by atoms with Gasteiger partial charge in [-0.2, -0.15) is 5.10 Å². The molecule has 0 radical (unpaired) electrons. The van der Waals surface area contributed by atoms with Gasteiger partial charge in [0.25, 0.3) is 5.91 Å². The molecule has 0 saturated carbocycles. The van der Waals surface area contributed by atoms with E-state index in [0.717, 1.165) is 38.3 Å². The van der Waals surface area contributed by atoms with E-state index in [1.54, 1.807) is 24.4 Å². The van der Waals surface area contributed by atoms with Gasteiger partial charge in [-0.1, -0.05) is 29.8 Å². The van der Waals surface area contributed by atoms with Crippen LogP contribution in [0.15, 0.2) is 47.6 Å². The van der Waals surface area contributed by atoms with E-state index in [4.69, 9.17) is 4.74 Å². The Morgan fingerprint density at radius 2 is 1.83 bits per heavy atom. The van der Waals surface area contributed by atoms with Crippen LogP contribution in [0.3, 0.4) is 0 Å². The summed E-state index contributed by atoms with van der Waals surface area (Å²) in [6, 6.07) is 13.6. The van der Waals surface area contributed by atoms with Gasteiger partial charge in [0.2, 0.25) is 0 Å². The zero-order valence-electron chi connectivity index (χ0n) is 17.7. The minimum atomic E-state index is -0.137. The minimum absolute atomic E-state index is 0.0829. The molecule has 0 aromatic heterocycles. The summed E-state index contributed by atoms with van der Waals surface area (Å²) in [6.07, 6.45) is 1.54. The second-order valence-corrected chi connectivity index (χ2v) is 7.49. The smallest absolute Gasteiger partial charge is 0.254 e. The van der Waals surface area contributed by atoms with Gasteiger partial charge >= 0.3 is 0 Å². The number of nitrogens with zero attached hydrogens (tertiary/aromatic N) is 3. The molecule has 1 heterocycles. The average Bonchev–Trinajstić information content (AvgIpc) is 2.74. The highest BCUT2D eigenvalue weighted by Gasteiger charge is 2.18. The Bertz CT molecular complexity index is 859. The van der Waals surface area contributed by atoms with Crippen LogP contribution in [-0.4, -0.2) is 66.4 Å². The summed E-state index contributed by atoms with van der Waals surface area (Å²) >= 11 is 0. The molecule has 30 heavy (non-hydrogen) atoms. The Hall–Kier alpha value is -2.90. The molecule has 2 aromatic carbocycles. The van der Waals surface area contributed by atoms with Crippen molar-refractivity contribution in [1.29, 1.82) is 0 Å². The Balaban J connectivity index is 1.40. The van der Waals surface area contributed by atoms with E-state index in [1.807, 2.05) is 6.92 Å². The lowest BCUT2D eigenvalue weighted by atomic mass is 10.1. The number of nitrogens with one attached hydrogen (secondary N) is 1. The highest BCUT2D eigenvalue weighted by Crippen LogP contribution is 2.26. The lowest BCUT2D eigenvalue weighted by Crippen LogP contribution is -2.48. The maximum absolute atomic E-state index is 12.2. The standard InChI is InChI=1S/C23H30N4O3/c1-3-30-22-14-20(8-9-21(22)28)15-24-25-23(29)17-27-12-10-26(11-13-27)16-19-6-4-18(2)5-7-19/h4-9,14-15,28H,3,10-13,16-17H2,1-2H3,(H,25,29)/b24-15-. The van der Waals surface area contributed by atoms with E-state index >= 15 is 0 Å².